The molecule has 0 aliphatic heterocycles. The number of nitrogens with zero attached hydrogens (tertiary/aromatic N) is 2. The summed E-state index contributed by atoms with van der Waals surface area (Å²) in [6, 6.07) is 4.80. The van der Waals surface area contributed by atoms with Gasteiger partial charge in [0, 0.05) is 16.6 Å². The summed E-state index contributed by atoms with van der Waals surface area (Å²) in [4.78, 5) is 0. The van der Waals surface area contributed by atoms with E-state index in [9.17, 15) is 4.39 Å². The summed E-state index contributed by atoms with van der Waals surface area (Å²) in [7, 11) is 0. The predicted molar refractivity (Wildman–Crippen MR) is 68.4 cm³/mol. The summed E-state index contributed by atoms with van der Waals surface area (Å²) in [6.45, 7) is 4.21. The first-order chi connectivity index (χ1) is 8.56. The topological polar surface area (TPSA) is 27.1 Å². The molecule has 0 atom stereocenters. The SMILES string of the molecule is CC(C)n1cc(OCc2ccc(Cl)cc2F)cn1. The zero-order valence-electron chi connectivity index (χ0n) is 10.2. The number of benzene rings is 1. The second-order valence-electron chi connectivity index (χ2n) is 4.27. The van der Waals surface area contributed by atoms with Crippen molar-refractivity contribution in [3.05, 3.63) is 47.0 Å². The number of halogens is 2. The summed E-state index contributed by atoms with van der Waals surface area (Å²) in [6.07, 6.45) is 3.41. The second kappa shape index (κ2) is 5.40. The quantitative estimate of drug-likeness (QED) is 0.842. The van der Waals surface area contributed by atoms with Crippen LogP contribution in [0.25, 0.3) is 0 Å². The van der Waals surface area contributed by atoms with E-state index >= 15 is 0 Å². The first-order valence-electron chi connectivity index (χ1n) is 5.67. The Morgan fingerprint density at radius 1 is 1.44 bits per heavy atom. The van der Waals surface area contributed by atoms with Crippen molar-refractivity contribution in [1.82, 2.24) is 9.78 Å². The first-order valence-corrected chi connectivity index (χ1v) is 6.05. The third-order valence-corrected chi connectivity index (χ3v) is 2.75. The Morgan fingerprint density at radius 2 is 2.22 bits per heavy atom. The van der Waals surface area contributed by atoms with Crippen LogP contribution in [-0.4, -0.2) is 9.78 Å². The van der Waals surface area contributed by atoms with Crippen LogP contribution in [0.2, 0.25) is 5.02 Å². The highest BCUT2D eigenvalue weighted by Crippen LogP contribution is 2.18. The molecule has 1 aromatic heterocycles. The van der Waals surface area contributed by atoms with Crippen LogP contribution in [0, 0.1) is 5.82 Å². The Morgan fingerprint density at radius 3 is 2.83 bits per heavy atom. The molecule has 0 spiro atoms. The Labute approximate surface area is 110 Å². The summed E-state index contributed by atoms with van der Waals surface area (Å²) in [5, 5.41) is 4.52. The third-order valence-electron chi connectivity index (χ3n) is 2.52. The molecule has 2 aromatic rings. The van der Waals surface area contributed by atoms with Gasteiger partial charge in [-0.2, -0.15) is 5.10 Å². The van der Waals surface area contributed by atoms with Crippen molar-refractivity contribution >= 4 is 11.6 Å². The number of ether oxygens (including phenoxy) is 1. The average molecular weight is 269 g/mol. The lowest BCUT2D eigenvalue weighted by Crippen LogP contribution is -2.00. The van der Waals surface area contributed by atoms with Gasteiger partial charge in [-0.15, -0.1) is 0 Å². The maximum absolute atomic E-state index is 13.5. The lowest BCUT2D eigenvalue weighted by atomic mass is 10.2. The van der Waals surface area contributed by atoms with E-state index < -0.39 is 0 Å². The van der Waals surface area contributed by atoms with Gasteiger partial charge >= 0.3 is 0 Å². The molecule has 0 unspecified atom stereocenters. The van der Waals surface area contributed by atoms with Crippen molar-refractivity contribution in [2.24, 2.45) is 0 Å². The molecular weight excluding hydrogens is 255 g/mol. The van der Waals surface area contributed by atoms with Crippen LogP contribution in [-0.2, 0) is 6.61 Å². The molecule has 5 heteroatoms. The van der Waals surface area contributed by atoms with Crippen molar-refractivity contribution in [2.75, 3.05) is 0 Å². The van der Waals surface area contributed by atoms with Crippen molar-refractivity contribution in [2.45, 2.75) is 26.5 Å². The number of rotatable bonds is 4. The third kappa shape index (κ3) is 3.01. The molecule has 3 nitrogen and oxygen atoms in total. The standard InChI is InChI=1S/C13H14ClFN2O/c1-9(2)17-7-12(6-16-17)18-8-10-3-4-11(14)5-13(10)15/h3-7,9H,8H2,1-2H3. The van der Waals surface area contributed by atoms with Crippen LogP contribution >= 0.6 is 11.6 Å². The Kier molecular flexibility index (Phi) is 3.87. The Hall–Kier alpha value is -1.55. The van der Waals surface area contributed by atoms with Crippen molar-refractivity contribution in [3.63, 3.8) is 0 Å². The fourth-order valence-corrected chi connectivity index (χ4v) is 1.64. The van der Waals surface area contributed by atoms with Crippen LogP contribution in [0.4, 0.5) is 4.39 Å². The largest absolute Gasteiger partial charge is 0.486 e. The van der Waals surface area contributed by atoms with Gasteiger partial charge in [0.25, 0.3) is 0 Å². The maximum Gasteiger partial charge on any atom is 0.157 e. The van der Waals surface area contributed by atoms with E-state index in [0.29, 0.717) is 16.3 Å². The lowest BCUT2D eigenvalue weighted by molar-refractivity contribution is 0.299. The van der Waals surface area contributed by atoms with Gasteiger partial charge in [-0.25, -0.2) is 4.39 Å². The molecular formula is C13H14ClFN2O. The molecule has 0 radical (unpaired) electrons. The zero-order chi connectivity index (χ0) is 13.1. The second-order valence-corrected chi connectivity index (χ2v) is 4.71. The molecule has 0 saturated carbocycles. The van der Waals surface area contributed by atoms with E-state index in [0.717, 1.165) is 0 Å². The highest BCUT2D eigenvalue weighted by atomic mass is 35.5. The molecule has 0 saturated heterocycles. The van der Waals surface area contributed by atoms with E-state index in [4.69, 9.17) is 16.3 Å². The minimum atomic E-state index is -0.362. The normalized spacial score (nSPS) is 10.9. The van der Waals surface area contributed by atoms with Crippen LogP contribution < -0.4 is 4.74 Å². The van der Waals surface area contributed by atoms with Crippen LogP contribution in [0.15, 0.2) is 30.6 Å². The Balaban J connectivity index is 2.02. The molecule has 1 aromatic carbocycles. The molecule has 96 valence electrons. The van der Waals surface area contributed by atoms with Gasteiger partial charge in [0.1, 0.15) is 12.4 Å². The van der Waals surface area contributed by atoms with Crippen molar-refractivity contribution in [1.29, 1.82) is 0 Å². The van der Waals surface area contributed by atoms with E-state index in [1.807, 2.05) is 13.8 Å². The lowest BCUT2D eigenvalue weighted by Gasteiger charge is -2.06. The monoisotopic (exact) mass is 268 g/mol. The summed E-state index contributed by atoms with van der Waals surface area (Å²) in [5.41, 5.74) is 0.469. The van der Waals surface area contributed by atoms with E-state index in [-0.39, 0.29) is 18.5 Å². The molecule has 0 aliphatic rings. The molecule has 0 N–H and O–H groups in total. The van der Waals surface area contributed by atoms with Crippen molar-refractivity contribution < 1.29 is 9.13 Å². The molecule has 1 heterocycles. The van der Waals surface area contributed by atoms with Crippen LogP contribution in [0.3, 0.4) is 0 Å². The van der Waals surface area contributed by atoms with Gasteiger partial charge < -0.3 is 4.74 Å². The molecule has 0 fully saturated rings. The van der Waals surface area contributed by atoms with Gasteiger partial charge in [-0.1, -0.05) is 17.7 Å². The van der Waals surface area contributed by atoms with Crippen molar-refractivity contribution in [3.8, 4) is 5.75 Å². The highest BCUT2D eigenvalue weighted by molar-refractivity contribution is 6.30. The van der Waals surface area contributed by atoms with Gasteiger partial charge in [-0.3, -0.25) is 4.68 Å². The summed E-state index contributed by atoms with van der Waals surface area (Å²) < 4.78 is 20.8. The van der Waals surface area contributed by atoms with Gasteiger partial charge in [0.2, 0.25) is 0 Å². The van der Waals surface area contributed by atoms with Crippen LogP contribution in [0.5, 0.6) is 5.75 Å². The minimum absolute atomic E-state index is 0.160. The maximum atomic E-state index is 13.5. The molecule has 18 heavy (non-hydrogen) atoms. The minimum Gasteiger partial charge on any atom is -0.486 e. The summed E-state index contributed by atoms with van der Waals surface area (Å²) in [5.74, 6) is 0.261. The zero-order valence-corrected chi connectivity index (χ0v) is 11.0. The fourth-order valence-electron chi connectivity index (χ4n) is 1.48. The average Bonchev–Trinajstić information content (AvgIpc) is 2.76. The number of hydrogen-bond acceptors (Lipinski definition) is 2. The molecule has 2 rings (SSSR count). The molecule has 0 amide bonds. The van der Waals surface area contributed by atoms with E-state index in [2.05, 4.69) is 5.10 Å². The van der Waals surface area contributed by atoms with E-state index in [1.54, 1.807) is 29.2 Å². The smallest absolute Gasteiger partial charge is 0.157 e. The fraction of sp³-hybridized carbons (Fsp3) is 0.308. The first kappa shape index (κ1) is 12.9. The highest BCUT2D eigenvalue weighted by Gasteiger charge is 2.06. The van der Waals surface area contributed by atoms with E-state index in [1.165, 1.54) is 6.07 Å². The molecule has 0 aliphatic carbocycles. The van der Waals surface area contributed by atoms with Gasteiger partial charge in [0.15, 0.2) is 5.75 Å². The number of hydrogen-bond donors (Lipinski definition) is 0. The summed E-state index contributed by atoms with van der Waals surface area (Å²) >= 11 is 5.68. The Bertz CT molecular complexity index is 540. The van der Waals surface area contributed by atoms with Gasteiger partial charge in [-0.05, 0) is 26.0 Å². The van der Waals surface area contributed by atoms with Crippen LogP contribution in [0.1, 0.15) is 25.5 Å². The predicted octanol–water partition coefficient (Wildman–Crippen LogP) is 3.84. The van der Waals surface area contributed by atoms with Gasteiger partial charge in [0.05, 0.1) is 12.4 Å². The number of aromatic nitrogens is 2. The molecule has 0 bridgehead atoms.